The number of nitrogens with zero attached hydrogens (tertiary/aromatic N) is 1. The van der Waals surface area contributed by atoms with Crippen molar-refractivity contribution in [1.82, 2.24) is 4.98 Å². The van der Waals surface area contributed by atoms with Gasteiger partial charge in [0.2, 0.25) is 0 Å². The highest BCUT2D eigenvalue weighted by molar-refractivity contribution is 7.92. The first kappa shape index (κ1) is 22.5. The lowest BCUT2D eigenvalue weighted by atomic mass is 10.1. The number of anilines is 2. The Labute approximate surface area is 196 Å². The average molecular weight is 480 g/mol. The van der Waals surface area contributed by atoms with E-state index < -0.39 is 15.9 Å². The maximum Gasteiger partial charge on any atom is 0.261 e. The molecule has 1 aromatic heterocycles. The van der Waals surface area contributed by atoms with Crippen molar-refractivity contribution in [1.29, 1.82) is 0 Å². The van der Waals surface area contributed by atoms with Crippen LogP contribution in [0.2, 0.25) is 0 Å². The van der Waals surface area contributed by atoms with E-state index in [0.29, 0.717) is 5.13 Å². The van der Waals surface area contributed by atoms with Crippen LogP contribution in [0.5, 0.6) is 5.75 Å². The minimum Gasteiger partial charge on any atom is -0.496 e. The van der Waals surface area contributed by atoms with E-state index in [9.17, 15) is 13.2 Å². The largest absolute Gasteiger partial charge is 0.496 e. The number of amides is 1. The van der Waals surface area contributed by atoms with Gasteiger partial charge in [-0.3, -0.25) is 14.8 Å². The first-order valence-corrected chi connectivity index (χ1v) is 12.3. The molecule has 33 heavy (non-hydrogen) atoms. The van der Waals surface area contributed by atoms with Gasteiger partial charge in [-0.25, -0.2) is 13.4 Å². The third-order valence-corrected chi connectivity index (χ3v) is 6.98. The summed E-state index contributed by atoms with van der Waals surface area (Å²) in [5.41, 5.74) is 3.22. The smallest absolute Gasteiger partial charge is 0.261 e. The summed E-state index contributed by atoms with van der Waals surface area (Å²) in [7, 11) is -2.36. The van der Waals surface area contributed by atoms with Gasteiger partial charge >= 0.3 is 0 Å². The zero-order chi connectivity index (χ0) is 23.4. The molecule has 168 valence electrons. The summed E-state index contributed by atoms with van der Waals surface area (Å²) < 4.78 is 33.2. The van der Waals surface area contributed by atoms with E-state index in [1.54, 1.807) is 12.1 Å². The molecule has 0 radical (unpaired) electrons. The van der Waals surface area contributed by atoms with Crippen molar-refractivity contribution in [3.63, 3.8) is 0 Å². The SMILES string of the molecule is COc1cc(NS(=O)(=O)c2ccc(C)cc2)ccc1C(=O)Nc1nc(-c2ccccc2)cs1. The van der Waals surface area contributed by atoms with Gasteiger partial charge in [0.25, 0.3) is 15.9 Å². The Morgan fingerprint density at radius 1 is 1.00 bits per heavy atom. The zero-order valence-electron chi connectivity index (χ0n) is 17.9. The van der Waals surface area contributed by atoms with Crippen LogP contribution in [-0.2, 0) is 10.0 Å². The molecule has 2 N–H and O–H groups in total. The molecule has 0 bridgehead atoms. The fourth-order valence-corrected chi connectivity index (χ4v) is 4.88. The van der Waals surface area contributed by atoms with E-state index in [-0.39, 0.29) is 21.9 Å². The van der Waals surface area contributed by atoms with Crippen LogP contribution < -0.4 is 14.8 Å². The van der Waals surface area contributed by atoms with Gasteiger partial charge < -0.3 is 4.74 Å². The van der Waals surface area contributed by atoms with Crippen molar-refractivity contribution in [2.24, 2.45) is 0 Å². The number of hydrogen-bond donors (Lipinski definition) is 2. The minimum atomic E-state index is -3.77. The first-order valence-electron chi connectivity index (χ1n) is 9.95. The normalized spacial score (nSPS) is 11.1. The molecule has 0 aliphatic carbocycles. The highest BCUT2D eigenvalue weighted by Crippen LogP contribution is 2.28. The fourth-order valence-electron chi connectivity index (χ4n) is 3.11. The van der Waals surface area contributed by atoms with E-state index >= 15 is 0 Å². The molecule has 0 fully saturated rings. The van der Waals surface area contributed by atoms with E-state index in [1.807, 2.05) is 42.6 Å². The Morgan fingerprint density at radius 2 is 1.73 bits per heavy atom. The van der Waals surface area contributed by atoms with Crippen molar-refractivity contribution in [2.75, 3.05) is 17.1 Å². The van der Waals surface area contributed by atoms with Gasteiger partial charge in [-0.1, -0.05) is 48.0 Å². The van der Waals surface area contributed by atoms with Crippen molar-refractivity contribution in [3.05, 3.63) is 89.3 Å². The molecule has 9 heteroatoms. The number of thiazole rings is 1. The van der Waals surface area contributed by atoms with Crippen LogP contribution >= 0.6 is 11.3 Å². The van der Waals surface area contributed by atoms with Gasteiger partial charge in [0.1, 0.15) is 5.75 Å². The molecule has 4 rings (SSSR count). The van der Waals surface area contributed by atoms with Crippen LogP contribution in [0, 0.1) is 6.92 Å². The molecular formula is C24H21N3O4S2. The molecule has 0 unspecified atom stereocenters. The molecule has 3 aromatic carbocycles. The second-order valence-corrected chi connectivity index (χ2v) is 9.73. The third kappa shape index (κ3) is 5.21. The maximum atomic E-state index is 12.8. The molecular weight excluding hydrogens is 458 g/mol. The van der Waals surface area contributed by atoms with Crippen LogP contribution in [0.15, 0.2) is 83.1 Å². The lowest BCUT2D eigenvalue weighted by Crippen LogP contribution is -2.15. The van der Waals surface area contributed by atoms with Crippen molar-refractivity contribution >= 4 is 38.1 Å². The summed E-state index contributed by atoms with van der Waals surface area (Å²) in [6.07, 6.45) is 0. The molecule has 7 nitrogen and oxygen atoms in total. The predicted octanol–water partition coefficient (Wildman–Crippen LogP) is 5.18. The number of aromatic nitrogens is 1. The number of carbonyl (C=O) groups excluding carboxylic acids is 1. The summed E-state index contributed by atoms with van der Waals surface area (Å²) in [5.74, 6) is -0.176. The Hall–Kier alpha value is -3.69. The van der Waals surface area contributed by atoms with Crippen molar-refractivity contribution in [2.45, 2.75) is 11.8 Å². The van der Waals surface area contributed by atoms with Crippen LogP contribution in [0.4, 0.5) is 10.8 Å². The summed E-state index contributed by atoms with van der Waals surface area (Å²) in [6.45, 7) is 1.88. The van der Waals surface area contributed by atoms with E-state index in [0.717, 1.165) is 16.8 Å². The number of aryl methyl sites for hydroxylation is 1. The molecule has 0 aliphatic heterocycles. The average Bonchev–Trinajstić information content (AvgIpc) is 3.28. The molecule has 0 atom stereocenters. The van der Waals surface area contributed by atoms with Crippen LogP contribution in [0.3, 0.4) is 0 Å². The Balaban J connectivity index is 1.51. The van der Waals surface area contributed by atoms with Crippen LogP contribution in [-0.4, -0.2) is 26.4 Å². The number of rotatable bonds is 7. The highest BCUT2D eigenvalue weighted by atomic mass is 32.2. The number of benzene rings is 3. The summed E-state index contributed by atoms with van der Waals surface area (Å²) in [6, 6.07) is 20.7. The topological polar surface area (TPSA) is 97.4 Å². The molecule has 0 saturated heterocycles. The molecule has 0 aliphatic rings. The van der Waals surface area contributed by atoms with Crippen LogP contribution in [0.25, 0.3) is 11.3 Å². The van der Waals surface area contributed by atoms with E-state index in [1.165, 1.54) is 48.8 Å². The Morgan fingerprint density at radius 3 is 2.42 bits per heavy atom. The van der Waals surface area contributed by atoms with Crippen molar-refractivity contribution < 1.29 is 17.9 Å². The van der Waals surface area contributed by atoms with E-state index in [4.69, 9.17) is 4.74 Å². The molecule has 1 heterocycles. The quantitative estimate of drug-likeness (QED) is 0.381. The van der Waals surface area contributed by atoms with Gasteiger partial charge in [0, 0.05) is 17.0 Å². The second-order valence-electron chi connectivity index (χ2n) is 7.19. The molecule has 0 saturated carbocycles. The monoisotopic (exact) mass is 479 g/mol. The zero-order valence-corrected chi connectivity index (χ0v) is 19.5. The maximum absolute atomic E-state index is 12.8. The number of methoxy groups -OCH3 is 1. The summed E-state index contributed by atoms with van der Waals surface area (Å²) in [5, 5.41) is 5.09. The van der Waals surface area contributed by atoms with Crippen LogP contribution in [0.1, 0.15) is 15.9 Å². The molecule has 4 aromatic rings. The number of carbonyl (C=O) groups is 1. The standard InChI is InChI=1S/C24H21N3O4S2/c1-16-8-11-19(12-9-16)33(29,30)27-18-10-13-20(22(14-18)31-2)23(28)26-24-25-21(15-32-24)17-6-4-3-5-7-17/h3-15,27H,1-2H3,(H,25,26,28). The Kier molecular flexibility index (Phi) is 6.43. The highest BCUT2D eigenvalue weighted by Gasteiger charge is 2.18. The fraction of sp³-hybridized carbons (Fsp3) is 0.0833. The van der Waals surface area contributed by atoms with Crippen molar-refractivity contribution in [3.8, 4) is 17.0 Å². The number of nitrogens with one attached hydrogen (secondary N) is 2. The number of ether oxygens (including phenoxy) is 1. The number of hydrogen-bond acceptors (Lipinski definition) is 6. The first-order chi connectivity index (χ1) is 15.9. The predicted molar refractivity (Wildman–Crippen MR) is 130 cm³/mol. The lowest BCUT2D eigenvalue weighted by Gasteiger charge is -2.12. The van der Waals surface area contributed by atoms with Gasteiger partial charge in [-0.05, 0) is 31.2 Å². The van der Waals surface area contributed by atoms with Gasteiger partial charge in [0.15, 0.2) is 5.13 Å². The molecule has 1 amide bonds. The Bertz CT molecular complexity index is 1380. The minimum absolute atomic E-state index is 0.145. The second kappa shape index (κ2) is 9.43. The third-order valence-electron chi connectivity index (χ3n) is 4.82. The van der Waals surface area contributed by atoms with Gasteiger partial charge in [-0.15, -0.1) is 11.3 Å². The summed E-state index contributed by atoms with van der Waals surface area (Å²) in [4.78, 5) is 17.4. The lowest BCUT2D eigenvalue weighted by molar-refractivity contribution is 0.102. The molecule has 0 spiro atoms. The van der Waals surface area contributed by atoms with E-state index in [2.05, 4.69) is 15.0 Å². The number of sulfonamides is 1. The van der Waals surface area contributed by atoms with Gasteiger partial charge in [-0.2, -0.15) is 0 Å². The summed E-state index contributed by atoms with van der Waals surface area (Å²) >= 11 is 1.31. The van der Waals surface area contributed by atoms with Gasteiger partial charge in [0.05, 0.1) is 29.0 Å².